The van der Waals surface area contributed by atoms with Crippen LogP contribution in [0.2, 0.25) is 0 Å². The average molecular weight is 180 g/mol. The molecule has 0 bridgehead atoms. The monoisotopic (exact) mass is 180 g/mol. The normalized spacial score (nSPS) is 11.8. The number of rotatable bonds is 5. The third-order valence-corrected chi connectivity index (χ3v) is 1.39. The lowest BCUT2D eigenvalue weighted by Gasteiger charge is -1.88. The van der Waals surface area contributed by atoms with Crippen molar-refractivity contribution in [3.8, 4) is 0 Å². The summed E-state index contributed by atoms with van der Waals surface area (Å²) < 4.78 is 4.44. The van der Waals surface area contributed by atoms with E-state index < -0.39 is 0 Å². The highest BCUT2D eigenvalue weighted by Crippen LogP contribution is 1.93. The first-order valence-electron chi connectivity index (χ1n) is 4.33. The minimum Gasteiger partial charge on any atom is -0.466 e. The third-order valence-electron chi connectivity index (χ3n) is 1.39. The summed E-state index contributed by atoms with van der Waals surface area (Å²) in [5, 5.41) is 0. The molecule has 0 aromatic heterocycles. The van der Waals surface area contributed by atoms with Gasteiger partial charge in [-0.2, -0.15) is 0 Å². The topological polar surface area (TPSA) is 26.3 Å². The SMILES string of the molecule is C/C=C/C=C\CC/C=C/C(=O)OC. The molecule has 0 N–H and O–H groups in total. The molecule has 0 amide bonds. The van der Waals surface area contributed by atoms with Crippen LogP contribution >= 0.6 is 0 Å². The van der Waals surface area contributed by atoms with Gasteiger partial charge in [0.25, 0.3) is 0 Å². The number of methoxy groups -OCH3 is 1. The summed E-state index contributed by atoms with van der Waals surface area (Å²) in [4.78, 5) is 10.6. The van der Waals surface area contributed by atoms with Crippen molar-refractivity contribution in [3.63, 3.8) is 0 Å². The van der Waals surface area contributed by atoms with Crippen LogP contribution in [0.3, 0.4) is 0 Å². The zero-order chi connectivity index (χ0) is 9.94. The molecule has 0 atom stereocenters. The molecular formula is C11H16O2. The fraction of sp³-hybridized carbons (Fsp3) is 0.364. The van der Waals surface area contributed by atoms with Crippen LogP contribution in [0.4, 0.5) is 0 Å². The molecule has 0 aromatic rings. The highest BCUT2D eigenvalue weighted by molar-refractivity contribution is 5.81. The smallest absolute Gasteiger partial charge is 0.330 e. The molecule has 0 radical (unpaired) electrons. The second kappa shape index (κ2) is 8.78. The van der Waals surface area contributed by atoms with Gasteiger partial charge in [0.1, 0.15) is 0 Å². The number of hydrogen-bond donors (Lipinski definition) is 0. The molecule has 2 nitrogen and oxygen atoms in total. The molecule has 2 heteroatoms. The summed E-state index contributed by atoms with van der Waals surface area (Å²) in [5.41, 5.74) is 0. The van der Waals surface area contributed by atoms with Crippen LogP contribution in [0.1, 0.15) is 19.8 Å². The van der Waals surface area contributed by atoms with Gasteiger partial charge < -0.3 is 4.74 Å². The molecule has 0 aromatic carbocycles. The van der Waals surface area contributed by atoms with Crippen molar-refractivity contribution in [2.75, 3.05) is 7.11 Å². The fourth-order valence-electron chi connectivity index (χ4n) is 0.726. The number of carbonyl (C=O) groups excluding carboxylic acids is 1. The van der Waals surface area contributed by atoms with Gasteiger partial charge in [-0.25, -0.2) is 4.79 Å². The van der Waals surface area contributed by atoms with Gasteiger partial charge in [0.2, 0.25) is 0 Å². The summed E-state index contributed by atoms with van der Waals surface area (Å²) in [7, 11) is 1.37. The Bertz CT molecular complexity index is 212. The van der Waals surface area contributed by atoms with Crippen molar-refractivity contribution in [1.29, 1.82) is 0 Å². The van der Waals surface area contributed by atoms with Crippen LogP contribution in [-0.2, 0) is 9.53 Å². The summed E-state index contributed by atoms with van der Waals surface area (Å²) in [6.45, 7) is 1.97. The van der Waals surface area contributed by atoms with Crippen molar-refractivity contribution in [2.45, 2.75) is 19.8 Å². The second-order valence-electron chi connectivity index (χ2n) is 2.46. The second-order valence-corrected chi connectivity index (χ2v) is 2.46. The van der Waals surface area contributed by atoms with Gasteiger partial charge in [-0.1, -0.05) is 30.4 Å². The van der Waals surface area contributed by atoms with E-state index in [0.29, 0.717) is 0 Å². The first-order valence-corrected chi connectivity index (χ1v) is 4.33. The fourth-order valence-corrected chi connectivity index (χ4v) is 0.726. The van der Waals surface area contributed by atoms with E-state index in [4.69, 9.17) is 0 Å². The van der Waals surface area contributed by atoms with Crippen LogP contribution in [0.25, 0.3) is 0 Å². The van der Waals surface area contributed by atoms with Crippen molar-refractivity contribution in [2.24, 2.45) is 0 Å². The van der Waals surface area contributed by atoms with Crippen LogP contribution < -0.4 is 0 Å². The maximum absolute atomic E-state index is 10.6. The zero-order valence-electron chi connectivity index (χ0n) is 8.19. The van der Waals surface area contributed by atoms with Gasteiger partial charge in [-0.15, -0.1) is 0 Å². The standard InChI is InChI=1S/C11H16O2/c1-3-4-5-6-7-8-9-10-11(12)13-2/h3-6,9-10H,7-8H2,1-2H3/b4-3+,6-5-,10-9+. The average Bonchev–Trinajstić information content (AvgIpc) is 2.16. The zero-order valence-corrected chi connectivity index (χ0v) is 8.19. The minimum atomic E-state index is -0.294. The molecule has 72 valence electrons. The van der Waals surface area contributed by atoms with E-state index in [1.165, 1.54) is 13.2 Å². The van der Waals surface area contributed by atoms with E-state index in [0.717, 1.165) is 12.8 Å². The number of carbonyl (C=O) groups is 1. The Morgan fingerprint density at radius 1 is 1.23 bits per heavy atom. The Hall–Kier alpha value is -1.31. The maximum Gasteiger partial charge on any atom is 0.330 e. The van der Waals surface area contributed by atoms with Gasteiger partial charge in [0.15, 0.2) is 0 Å². The number of esters is 1. The summed E-state index contributed by atoms with van der Waals surface area (Å²) in [6.07, 6.45) is 13.1. The van der Waals surface area contributed by atoms with Crippen LogP contribution in [0.15, 0.2) is 36.5 Å². The summed E-state index contributed by atoms with van der Waals surface area (Å²) in [6, 6.07) is 0. The third kappa shape index (κ3) is 8.60. The molecule has 0 aliphatic carbocycles. The number of ether oxygens (including phenoxy) is 1. The van der Waals surface area contributed by atoms with Crippen LogP contribution in [0, 0.1) is 0 Å². The van der Waals surface area contributed by atoms with Crippen LogP contribution in [-0.4, -0.2) is 13.1 Å². The van der Waals surface area contributed by atoms with E-state index in [1.807, 2.05) is 31.2 Å². The molecular weight excluding hydrogens is 164 g/mol. The van der Waals surface area contributed by atoms with E-state index in [-0.39, 0.29) is 5.97 Å². The predicted molar refractivity (Wildman–Crippen MR) is 54.3 cm³/mol. The molecule has 0 rings (SSSR count). The molecule has 0 heterocycles. The van der Waals surface area contributed by atoms with E-state index in [1.54, 1.807) is 0 Å². The first-order chi connectivity index (χ1) is 6.31. The van der Waals surface area contributed by atoms with Crippen molar-refractivity contribution < 1.29 is 9.53 Å². The highest BCUT2D eigenvalue weighted by Gasteiger charge is 1.87. The first kappa shape index (κ1) is 11.7. The molecule has 0 unspecified atom stereocenters. The van der Waals surface area contributed by atoms with Gasteiger partial charge in [-0.05, 0) is 19.8 Å². The molecule has 0 fully saturated rings. The molecule has 0 aliphatic rings. The Morgan fingerprint density at radius 3 is 2.54 bits per heavy atom. The van der Waals surface area contributed by atoms with Gasteiger partial charge in [0, 0.05) is 6.08 Å². The lowest BCUT2D eigenvalue weighted by Crippen LogP contribution is -1.93. The molecule has 13 heavy (non-hydrogen) atoms. The minimum absolute atomic E-state index is 0.294. The summed E-state index contributed by atoms with van der Waals surface area (Å²) in [5.74, 6) is -0.294. The Labute approximate surface area is 79.6 Å². The highest BCUT2D eigenvalue weighted by atomic mass is 16.5. The van der Waals surface area contributed by atoms with Gasteiger partial charge in [0.05, 0.1) is 7.11 Å². The van der Waals surface area contributed by atoms with Crippen molar-refractivity contribution in [1.82, 2.24) is 0 Å². The van der Waals surface area contributed by atoms with E-state index in [2.05, 4.69) is 10.8 Å². The van der Waals surface area contributed by atoms with E-state index >= 15 is 0 Å². The maximum atomic E-state index is 10.6. The Morgan fingerprint density at radius 2 is 1.92 bits per heavy atom. The van der Waals surface area contributed by atoms with Crippen LogP contribution in [0.5, 0.6) is 0 Å². The molecule has 0 spiro atoms. The van der Waals surface area contributed by atoms with Crippen molar-refractivity contribution >= 4 is 5.97 Å². The Balaban J connectivity index is 3.45. The molecule has 0 aliphatic heterocycles. The lowest BCUT2D eigenvalue weighted by atomic mass is 10.2. The number of hydrogen-bond acceptors (Lipinski definition) is 2. The number of unbranched alkanes of at least 4 members (excludes halogenated alkanes) is 1. The Kier molecular flexibility index (Phi) is 7.90. The molecule has 0 saturated carbocycles. The lowest BCUT2D eigenvalue weighted by molar-refractivity contribution is -0.134. The quantitative estimate of drug-likeness (QED) is 0.281. The van der Waals surface area contributed by atoms with E-state index in [9.17, 15) is 4.79 Å². The molecule has 0 saturated heterocycles. The van der Waals surface area contributed by atoms with Gasteiger partial charge in [-0.3, -0.25) is 0 Å². The summed E-state index contributed by atoms with van der Waals surface area (Å²) >= 11 is 0. The number of allylic oxidation sites excluding steroid dienone is 5. The van der Waals surface area contributed by atoms with Gasteiger partial charge >= 0.3 is 5.97 Å². The van der Waals surface area contributed by atoms with Crippen molar-refractivity contribution in [3.05, 3.63) is 36.5 Å². The predicted octanol–water partition coefficient (Wildman–Crippen LogP) is 2.63. The largest absolute Gasteiger partial charge is 0.466 e.